The molecular weight excluding hydrogens is 212 g/mol. The van der Waals surface area contributed by atoms with Gasteiger partial charge in [0.05, 0.1) is 0 Å². The summed E-state index contributed by atoms with van der Waals surface area (Å²) in [5, 5.41) is 0. The Bertz CT molecular complexity index is 132. The van der Waals surface area contributed by atoms with Crippen molar-refractivity contribution < 1.29 is 0 Å². The van der Waals surface area contributed by atoms with Crippen LogP contribution in [0.4, 0.5) is 0 Å². The molecule has 0 aromatic heterocycles. The van der Waals surface area contributed by atoms with Crippen molar-refractivity contribution in [3.63, 3.8) is 0 Å². The minimum Gasteiger partial charge on any atom is -0.0888 e. The van der Waals surface area contributed by atoms with Gasteiger partial charge in [0.25, 0.3) is 0 Å². The second-order valence-electron chi connectivity index (χ2n) is 4.37. The van der Waals surface area contributed by atoms with E-state index in [9.17, 15) is 0 Å². The maximum absolute atomic E-state index is 3.75. The minimum atomic E-state index is 0.691. The summed E-state index contributed by atoms with van der Waals surface area (Å²) in [5.74, 6) is 0.965. The highest BCUT2D eigenvalue weighted by molar-refractivity contribution is 9.09. The van der Waals surface area contributed by atoms with Gasteiger partial charge in [-0.25, -0.2) is 0 Å². The predicted molar refractivity (Wildman–Crippen MR) is 58.7 cm³/mol. The van der Waals surface area contributed by atoms with Crippen LogP contribution in [0.25, 0.3) is 0 Å². The van der Waals surface area contributed by atoms with Gasteiger partial charge in [-0.05, 0) is 30.6 Å². The molecule has 0 aliphatic heterocycles. The summed E-state index contributed by atoms with van der Waals surface area (Å²) in [5.41, 5.74) is 0.691. The van der Waals surface area contributed by atoms with Crippen LogP contribution in [0.3, 0.4) is 0 Å². The van der Waals surface area contributed by atoms with E-state index < -0.39 is 0 Å². The van der Waals surface area contributed by atoms with Gasteiger partial charge in [0.2, 0.25) is 0 Å². The van der Waals surface area contributed by atoms with Crippen LogP contribution in [0.5, 0.6) is 0 Å². The quantitative estimate of drug-likeness (QED) is 0.618. The lowest BCUT2D eigenvalue weighted by Crippen LogP contribution is -2.16. The average Bonchev–Trinajstić information content (AvgIpc) is 2.81. The summed E-state index contributed by atoms with van der Waals surface area (Å²) < 4.78 is 0. The van der Waals surface area contributed by atoms with Crippen molar-refractivity contribution in [2.45, 2.75) is 57.7 Å². The molecule has 0 bridgehead atoms. The smallest absolute Gasteiger partial charge is 0.0174 e. The van der Waals surface area contributed by atoms with Crippen molar-refractivity contribution >= 4 is 15.9 Å². The van der Waals surface area contributed by atoms with E-state index in [-0.39, 0.29) is 0 Å². The third-order valence-corrected chi connectivity index (χ3v) is 4.56. The summed E-state index contributed by atoms with van der Waals surface area (Å²) >= 11 is 3.75. The molecule has 1 heteroatoms. The van der Waals surface area contributed by atoms with Crippen molar-refractivity contribution in [3.05, 3.63) is 0 Å². The average molecular weight is 233 g/mol. The fraction of sp³-hybridized carbons (Fsp3) is 1.00. The molecule has 0 spiro atoms. The number of hydrogen-bond donors (Lipinski definition) is 0. The lowest BCUT2D eigenvalue weighted by Gasteiger charge is -2.23. The van der Waals surface area contributed by atoms with E-state index in [1.54, 1.807) is 0 Å². The summed E-state index contributed by atoms with van der Waals surface area (Å²) in [7, 11) is 0. The Labute approximate surface area is 85.3 Å². The van der Waals surface area contributed by atoms with E-state index in [4.69, 9.17) is 0 Å². The van der Waals surface area contributed by atoms with Gasteiger partial charge in [0.15, 0.2) is 0 Å². The second-order valence-corrected chi connectivity index (χ2v) is 5.74. The molecule has 0 aromatic rings. The van der Waals surface area contributed by atoms with Gasteiger partial charge in [0.1, 0.15) is 0 Å². The van der Waals surface area contributed by atoms with Crippen LogP contribution in [0, 0.1) is 11.3 Å². The normalized spacial score (nSPS) is 22.8. The lowest BCUT2D eigenvalue weighted by atomic mass is 9.87. The largest absolute Gasteiger partial charge is 0.0888 e. The Balaban J connectivity index is 2.38. The van der Waals surface area contributed by atoms with E-state index in [1.165, 1.54) is 32.1 Å². The SMILES string of the molecule is CCC(CC)CC1(C(C)Br)CC1. The monoisotopic (exact) mass is 232 g/mol. The molecule has 0 amide bonds. The van der Waals surface area contributed by atoms with E-state index in [2.05, 4.69) is 36.7 Å². The van der Waals surface area contributed by atoms with Gasteiger partial charge in [-0.3, -0.25) is 0 Å². The van der Waals surface area contributed by atoms with Crippen LogP contribution in [0.2, 0.25) is 0 Å². The third-order valence-electron chi connectivity index (χ3n) is 3.59. The van der Waals surface area contributed by atoms with Crippen molar-refractivity contribution in [1.82, 2.24) is 0 Å². The van der Waals surface area contributed by atoms with Crippen molar-refractivity contribution in [1.29, 1.82) is 0 Å². The first-order chi connectivity index (χ1) is 5.64. The highest BCUT2D eigenvalue weighted by Crippen LogP contribution is 2.56. The molecule has 1 aliphatic rings. The van der Waals surface area contributed by atoms with Gasteiger partial charge in [0, 0.05) is 4.83 Å². The zero-order valence-corrected chi connectivity index (χ0v) is 10.2. The Morgan fingerprint density at radius 3 is 2.00 bits per heavy atom. The molecule has 12 heavy (non-hydrogen) atoms. The molecule has 0 heterocycles. The molecule has 1 unspecified atom stereocenters. The molecule has 0 radical (unpaired) electrons. The summed E-state index contributed by atoms with van der Waals surface area (Å²) in [4.78, 5) is 0.727. The van der Waals surface area contributed by atoms with Crippen LogP contribution < -0.4 is 0 Å². The maximum atomic E-state index is 3.75. The van der Waals surface area contributed by atoms with Crippen LogP contribution in [0.15, 0.2) is 0 Å². The van der Waals surface area contributed by atoms with Crippen LogP contribution in [-0.4, -0.2) is 4.83 Å². The molecule has 0 N–H and O–H groups in total. The Kier molecular flexibility index (Phi) is 3.63. The number of alkyl halides is 1. The highest BCUT2D eigenvalue weighted by Gasteiger charge is 2.46. The molecule has 0 saturated heterocycles. The third kappa shape index (κ3) is 2.25. The van der Waals surface area contributed by atoms with Gasteiger partial charge < -0.3 is 0 Å². The Hall–Kier alpha value is 0.480. The number of rotatable bonds is 5. The molecule has 1 fully saturated rings. The summed E-state index contributed by atoms with van der Waals surface area (Å²) in [6.45, 7) is 6.96. The molecule has 1 atom stereocenters. The molecule has 0 nitrogen and oxygen atoms in total. The zero-order valence-electron chi connectivity index (χ0n) is 8.57. The zero-order chi connectivity index (χ0) is 9.19. The molecule has 1 saturated carbocycles. The Morgan fingerprint density at radius 1 is 1.25 bits per heavy atom. The lowest BCUT2D eigenvalue weighted by molar-refractivity contribution is 0.336. The number of hydrogen-bond acceptors (Lipinski definition) is 0. The molecular formula is C11H21Br. The van der Waals surface area contributed by atoms with E-state index in [0.29, 0.717) is 5.41 Å². The van der Waals surface area contributed by atoms with Crippen LogP contribution in [0.1, 0.15) is 52.9 Å². The topological polar surface area (TPSA) is 0 Å². The van der Waals surface area contributed by atoms with Crippen LogP contribution in [-0.2, 0) is 0 Å². The van der Waals surface area contributed by atoms with Gasteiger partial charge >= 0.3 is 0 Å². The molecule has 1 aliphatic carbocycles. The summed E-state index contributed by atoms with van der Waals surface area (Å²) in [6.07, 6.45) is 7.08. The van der Waals surface area contributed by atoms with E-state index >= 15 is 0 Å². The van der Waals surface area contributed by atoms with Gasteiger partial charge in [-0.15, -0.1) is 0 Å². The van der Waals surface area contributed by atoms with Crippen molar-refractivity contribution in [2.24, 2.45) is 11.3 Å². The first-order valence-electron chi connectivity index (χ1n) is 5.28. The molecule has 1 rings (SSSR count). The Morgan fingerprint density at radius 2 is 1.75 bits per heavy atom. The molecule has 0 aromatic carbocycles. The maximum Gasteiger partial charge on any atom is 0.0174 e. The van der Waals surface area contributed by atoms with E-state index in [1.807, 2.05) is 0 Å². The van der Waals surface area contributed by atoms with Gasteiger partial charge in [-0.2, -0.15) is 0 Å². The van der Waals surface area contributed by atoms with Crippen molar-refractivity contribution in [3.8, 4) is 0 Å². The van der Waals surface area contributed by atoms with Crippen molar-refractivity contribution in [2.75, 3.05) is 0 Å². The highest BCUT2D eigenvalue weighted by atomic mass is 79.9. The van der Waals surface area contributed by atoms with Gasteiger partial charge in [-0.1, -0.05) is 49.5 Å². The standard InChI is InChI=1S/C11H21Br/c1-4-10(5-2)8-11(6-7-11)9(3)12/h9-10H,4-8H2,1-3H3. The minimum absolute atomic E-state index is 0.691. The number of halogens is 1. The predicted octanol–water partition coefficient (Wildman–Crippen LogP) is 4.38. The fourth-order valence-electron chi connectivity index (χ4n) is 2.08. The fourth-order valence-corrected chi connectivity index (χ4v) is 2.72. The first kappa shape index (κ1) is 10.6. The van der Waals surface area contributed by atoms with Crippen LogP contribution >= 0.6 is 15.9 Å². The molecule has 72 valence electrons. The summed E-state index contributed by atoms with van der Waals surface area (Å²) in [6, 6.07) is 0. The second kappa shape index (κ2) is 4.13. The first-order valence-corrected chi connectivity index (χ1v) is 6.20. The van der Waals surface area contributed by atoms with E-state index in [0.717, 1.165) is 10.7 Å².